The van der Waals surface area contributed by atoms with Crippen molar-refractivity contribution >= 4 is 46.5 Å². The molecule has 1 N–H and O–H groups in total. The van der Waals surface area contributed by atoms with E-state index in [0.29, 0.717) is 30.5 Å². The van der Waals surface area contributed by atoms with Gasteiger partial charge in [0.05, 0.1) is 23.3 Å². The zero-order valence-electron chi connectivity index (χ0n) is 29.0. The number of halogens is 2. The molecule has 1 aromatic rings. The number of rotatable bonds is 13. The minimum atomic E-state index is -1.05. The summed E-state index contributed by atoms with van der Waals surface area (Å²) in [5, 5.41) is 7.25. The van der Waals surface area contributed by atoms with Crippen LogP contribution in [-0.4, -0.2) is 64.0 Å². The number of hydrogen-bond acceptors (Lipinski definition) is 7. The van der Waals surface area contributed by atoms with Gasteiger partial charge in [0.15, 0.2) is 17.2 Å². The molecule has 0 aromatic heterocycles. The Hall–Kier alpha value is -3.14. The van der Waals surface area contributed by atoms with E-state index in [2.05, 4.69) is 10.5 Å². The molecule has 4 rings (SSSR count). The first-order valence-electron chi connectivity index (χ1n) is 17.6. The first-order valence-corrected chi connectivity index (χ1v) is 18.0. The molecule has 11 heteroatoms. The standard InChI is InChI=1S/C37H51ClFN3O6/c1-6-12-25(33(46)30(43)7-2)19-31(44)29-21-37(20-28(41-48-37)24-15-16-27(39)26(38)18-24)22-42(29)35(47)34(36(3,4)5)40-32(45)17-23-13-10-8-9-11-14-23/h15-16,18,23,25,29,34H,6-14,17,19-22H2,1-5H3,(H,40,45)/t25-,29+,34-,37-/m1/s1. The molecule has 1 spiro atoms. The smallest absolute Gasteiger partial charge is 0.246 e. The monoisotopic (exact) mass is 687 g/mol. The van der Waals surface area contributed by atoms with Gasteiger partial charge in [-0.2, -0.15) is 0 Å². The Kier molecular flexibility index (Phi) is 12.6. The van der Waals surface area contributed by atoms with Crippen LogP contribution in [0.25, 0.3) is 0 Å². The van der Waals surface area contributed by atoms with Crippen LogP contribution in [0.5, 0.6) is 0 Å². The third kappa shape index (κ3) is 9.10. The maximum Gasteiger partial charge on any atom is 0.246 e. The third-order valence-corrected chi connectivity index (χ3v) is 10.4. The number of nitrogens with one attached hydrogen (secondary N) is 1. The highest BCUT2D eigenvalue weighted by molar-refractivity contribution is 6.38. The Morgan fingerprint density at radius 1 is 1.10 bits per heavy atom. The number of oxime groups is 1. The Labute approximate surface area is 288 Å². The molecule has 1 aliphatic carbocycles. The van der Waals surface area contributed by atoms with Gasteiger partial charge < -0.3 is 15.1 Å². The molecule has 0 unspecified atom stereocenters. The van der Waals surface area contributed by atoms with Crippen molar-refractivity contribution < 1.29 is 33.2 Å². The molecule has 3 aliphatic rings. The minimum Gasteiger partial charge on any atom is -0.387 e. The molecular formula is C37H51ClFN3O6. The number of ketones is 3. The molecule has 1 saturated heterocycles. The van der Waals surface area contributed by atoms with Crippen LogP contribution in [0, 0.1) is 23.1 Å². The predicted octanol–water partition coefficient (Wildman–Crippen LogP) is 6.76. The summed E-state index contributed by atoms with van der Waals surface area (Å²) < 4.78 is 13.9. The van der Waals surface area contributed by atoms with Crippen LogP contribution < -0.4 is 5.32 Å². The van der Waals surface area contributed by atoms with E-state index < -0.39 is 52.3 Å². The summed E-state index contributed by atoms with van der Waals surface area (Å²) in [6.45, 7) is 9.16. The van der Waals surface area contributed by atoms with Crippen molar-refractivity contribution in [2.24, 2.45) is 22.4 Å². The zero-order valence-corrected chi connectivity index (χ0v) is 29.8. The van der Waals surface area contributed by atoms with Crippen LogP contribution in [0.4, 0.5) is 4.39 Å². The lowest BCUT2D eigenvalue weighted by Gasteiger charge is -2.36. The average Bonchev–Trinajstić information content (AvgIpc) is 3.54. The molecule has 2 amide bonds. The summed E-state index contributed by atoms with van der Waals surface area (Å²) in [6.07, 6.45) is 8.07. The van der Waals surface area contributed by atoms with E-state index in [0.717, 1.165) is 25.7 Å². The number of Topliss-reactive ketones (excluding diaryl/α,β-unsaturated/α-hetero) is 3. The Balaban J connectivity index is 1.61. The van der Waals surface area contributed by atoms with Gasteiger partial charge in [-0.3, -0.25) is 24.0 Å². The summed E-state index contributed by atoms with van der Waals surface area (Å²) >= 11 is 6.04. The van der Waals surface area contributed by atoms with Crippen LogP contribution in [0.3, 0.4) is 0 Å². The van der Waals surface area contributed by atoms with Gasteiger partial charge in [0, 0.05) is 43.6 Å². The summed E-state index contributed by atoms with van der Waals surface area (Å²) in [4.78, 5) is 74.9. The molecular weight excluding hydrogens is 637 g/mol. The van der Waals surface area contributed by atoms with Gasteiger partial charge in [-0.15, -0.1) is 0 Å². The Morgan fingerprint density at radius 2 is 1.79 bits per heavy atom. The summed E-state index contributed by atoms with van der Waals surface area (Å²) in [6, 6.07) is 2.37. The van der Waals surface area contributed by atoms with Gasteiger partial charge in [-0.1, -0.05) is 89.5 Å². The van der Waals surface area contributed by atoms with Crippen molar-refractivity contribution in [1.29, 1.82) is 0 Å². The maximum atomic E-state index is 14.5. The highest BCUT2D eigenvalue weighted by atomic mass is 35.5. The van der Waals surface area contributed by atoms with E-state index in [9.17, 15) is 28.4 Å². The normalized spacial score (nSPS) is 22.9. The zero-order chi connectivity index (χ0) is 35.2. The van der Waals surface area contributed by atoms with Gasteiger partial charge in [-0.05, 0) is 42.7 Å². The third-order valence-electron chi connectivity index (χ3n) is 10.1. The Bertz CT molecular complexity index is 1420. The first kappa shape index (κ1) is 37.7. The predicted molar refractivity (Wildman–Crippen MR) is 182 cm³/mol. The molecule has 2 fully saturated rings. The van der Waals surface area contributed by atoms with Gasteiger partial charge in [0.1, 0.15) is 11.9 Å². The summed E-state index contributed by atoms with van der Waals surface area (Å²) in [7, 11) is 0. The number of carbonyl (C=O) groups is 5. The highest BCUT2D eigenvalue weighted by Crippen LogP contribution is 2.41. The molecule has 48 heavy (non-hydrogen) atoms. The van der Waals surface area contributed by atoms with Crippen LogP contribution in [0.2, 0.25) is 5.02 Å². The quantitative estimate of drug-likeness (QED) is 0.181. The Morgan fingerprint density at radius 3 is 2.40 bits per heavy atom. The van der Waals surface area contributed by atoms with Crippen molar-refractivity contribution in [2.45, 2.75) is 136 Å². The van der Waals surface area contributed by atoms with E-state index in [-0.39, 0.29) is 54.9 Å². The van der Waals surface area contributed by atoms with Crippen LogP contribution in [-0.2, 0) is 28.8 Å². The second-order valence-electron chi connectivity index (χ2n) is 15.0. The fraction of sp³-hybridized carbons (Fsp3) is 0.676. The van der Waals surface area contributed by atoms with Crippen molar-refractivity contribution in [2.75, 3.05) is 6.54 Å². The summed E-state index contributed by atoms with van der Waals surface area (Å²) in [5.74, 6) is -3.08. The first-order chi connectivity index (χ1) is 22.7. The average molecular weight is 688 g/mol. The molecule has 2 heterocycles. The fourth-order valence-electron chi connectivity index (χ4n) is 7.33. The van der Waals surface area contributed by atoms with Gasteiger partial charge in [-0.25, -0.2) is 4.39 Å². The molecule has 1 aromatic carbocycles. The van der Waals surface area contributed by atoms with Crippen molar-refractivity contribution in [1.82, 2.24) is 10.2 Å². The molecule has 9 nitrogen and oxygen atoms in total. The SMILES string of the molecule is CCC[C@H](CC(=O)[C@@H]1C[C@]2(CC(c3ccc(F)c(Cl)c3)=NO2)CN1C(=O)[C@@H](NC(=O)CC1CCCCCC1)C(C)(C)C)C(=O)C(=O)CC. The summed E-state index contributed by atoms with van der Waals surface area (Å²) in [5.41, 5.74) is -0.663. The minimum absolute atomic E-state index is 0.0233. The molecule has 4 atom stereocenters. The second-order valence-corrected chi connectivity index (χ2v) is 15.4. The molecule has 264 valence electrons. The molecule has 0 radical (unpaired) electrons. The number of nitrogens with zero attached hydrogens (tertiary/aromatic N) is 2. The van der Waals surface area contributed by atoms with Gasteiger partial charge in [0.25, 0.3) is 0 Å². The van der Waals surface area contributed by atoms with E-state index >= 15 is 0 Å². The molecule has 0 bridgehead atoms. The van der Waals surface area contributed by atoms with Crippen LogP contribution >= 0.6 is 11.6 Å². The van der Waals surface area contributed by atoms with Crippen LogP contribution in [0.1, 0.15) is 124 Å². The molecule has 1 saturated carbocycles. The van der Waals surface area contributed by atoms with Gasteiger partial charge >= 0.3 is 0 Å². The topological polar surface area (TPSA) is 122 Å². The number of benzene rings is 1. The fourth-order valence-corrected chi connectivity index (χ4v) is 7.51. The lowest BCUT2D eigenvalue weighted by molar-refractivity contribution is -0.145. The number of likely N-dealkylation sites (tertiary alicyclic amines) is 1. The van der Waals surface area contributed by atoms with E-state index in [1.165, 1.54) is 29.9 Å². The number of carbonyl (C=O) groups excluding carboxylic acids is 5. The highest BCUT2D eigenvalue weighted by Gasteiger charge is 2.55. The van der Waals surface area contributed by atoms with E-state index in [1.807, 2.05) is 27.7 Å². The number of amides is 2. The van der Waals surface area contributed by atoms with E-state index in [4.69, 9.17) is 16.4 Å². The maximum absolute atomic E-state index is 14.5. The van der Waals surface area contributed by atoms with Crippen molar-refractivity contribution in [3.63, 3.8) is 0 Å². The van der Waals surface area contributed by atoms with Gasteiger partial charge in [0.2, 0.25) is 17.6 Å². The van der Waals surface area contributed by atoms with Crippen LogP contribution in [0.15, 0.2) is 23.4 Å². The lowest BCUT2D eigenvalue weighted by atomic mass is 9.84. The molecule has 2 aliphatic heterocycles. The largest absolute Gasteiger partial charge is 0.387 e. The second kappa shape index (κ2) is 16.0. The lowest BCUT2D eigenvalue weighted by Crippen LogP contribution is -2.57. The van der Waals surface area contributed by atoms with Crippen molar-refractivity contribution in [3.05, 3.63) is 34.6 Å². The van der Waals surface area contributed by atoms with E-state index in [1.54, 1.807) is 13.0 Å². The van der Waals surface area contributed by atoms with Crippen molar-refractivity contribution in [3.8, 4) is 0 Å². The number of hydrogen-bond donors (Lipinski definition) is 1.